The van der Waals surface area contributed by atoms with E-state index in [2.05, 4.69) is 39.5 Å². The number of rotatable bonds is 8. The molecule has 0 amide bonds. The molecule has 0 heterocycles. The molecule has 0 bridgehead atoms. The van der Waals surface area contributed by atoms with Crippen molar-refractivity contribution in [2.24, 2.45) is 0 Å². The summed E-state index contributed by atoms with van der Waals surface area (Å²) >= 11 is 0. The lowest BCUT2D eigenvalue weighted by molar-refractivity contribution is -0.117. The van der Waals surface area contributed by atoms with Gasteiger partial charge >= 0.3 is 0 Å². The molecule has 1 rings (SSSR count). The normalized spacial score (nSPS) is 14.7. The fourth-order valence-electron chi connectivity index (χ4n) is 1.83. The standard InChI is InChI=1S/C17H28O3Si/c1-15(18)11-12-20-21(5,17(2,3)4)14-19-13-16-9-7-6-8-10-16/h6-10H,11-14H2,1-5H3/t21-/m1/s1. The van der Waals surface area contributed by atoms with E-state index in [1.807, 2.05) is 18.2 Å². The highest BCUT2D eigenvalue weighted by Gasteiger charge is 2.42. The van der Waals surface area contributed by atoms with Crippen LogP contribution < -0.4 is 0 Å². The second-order valence-corrected chi connectivity index (χ2v) is 11.3. The van der Waals surface area contributed by atoms with Gasteiger partial charge in [-0.05, 0) is 24.1 Å². The number of carbonyl (C=O) groups excluding carboxylic acids is 1. The van der Waals surface area contributed by atoms with Crippen LogP contribution in [0.4, 0.5) is 0 Å². The number of hydrogen-bond acceptors (Lipinski definition) is 3. The van der Waals surface area contributed by atoms with E-state index in [-0.39, 0.29) is 10.8 Å². The Kier molecular flexibility index (Phi) is 6.78. The van der Waals surface area contributed by atoms with Crippen molar-refractivity contribution >= 4 is 14.1 Å². The van der Waals surface area contributed by atoms with Crippen LogP contribution in [0, 0.1) is 0 Å². The Morgan fingerprint density at radius 3 is 2.33 bits per heavy atom. The summed E-state index contributed by atoms with van der Waals surface area (Å²) < 4.78 is 12.1. The highest BCUT2D eigenvalue weighted by molar-refractivity contribution is 6.75. The molecule has 0 spiro atoms. The Morgan fingerprint density at radius 1 is 1.19 bits per heavy atom. The molecular weight excluding hydrogens is 280 g/mol. The molecule has 1 aromatic carbocycles. The van der Waals surface area contributed by atoms with Crippen LogP contribution in [0.5, 0.6) is 0 Å². The molecule has 3 nitrogen and oxygen atoms in total. The van der Waals surface area contributed by atoms with E-state index >= 15 is 0 Å². The van der Waals surface area contributed by atoms with E-state index in [1.165, 1.54) is 5.56 Å². The average molecular weight is 308 g/mol. The Morgan fingerprint density at radius 2 is 1.81 bits per heavy atom. The highest BCUT2D eigenvalue weighted by atomic mass is 28.4. The number of Topliss-reactive ketones (excluding diaryl/α,β-unsaturated/α-hetero) is 1. The fourth-order valence-corrected chi connectivity index (χ4v) is 3.83. The van der Waals surface area contributed by atoms with Crippen LogP contribution in [-0.4, -0.2) is 26.9 Å². The molecule has 0 aliphatic heterocycles. The summed E-state index contributed by atoms with van der Waals surface area (Å²) in [6.07, 6.45) is 1.13. The number of benzene rings is 1. The van der Waals surface area contributed by atoms with Crippen LogP contribution in [0.3, 0.4) is 0 Å². The van der Waals surface area contributed by atoms with Gasteiger partial charge in [0.15, 0.2) is 0 Å². The van der Waals surface area contributed by atoms with E-state index in [1.54, 1.807) is 6.92 Å². The number of ether oxygens (including phenoxy) is 1. The number of carbonyl (C=O) groups is 1. The topological polar surface area (TPSA) is 35.5 Å². The predicted octanol–water partition coefficient (Wildman–Crippen LogP) is 4.11. The molecule has 1 atom stereocenters. The largest absolute Gasteiger partial charge is 0.414 e. The summed E-state index contributed by atoms with van der Waals surface area (Å²) in [5.41, 5.74) is 1.17. The lowest BCUT2D eigenvalue weighted by Gasteiger charge is -2.39. The zero-order chi connectivity index (χ0) is 15.9. The third-order valence-electron chi connectivity index (χ3n) is 3.95. The second kappa shape index (κ2) is 7.87. The Bertz CT molecular complexity index is 439. The van der Waals surface area contributed by atoms with Crippen LogP contribution in [0.15, 0.2) is 30.3 Å². The molecule has 0 aliphatic rings. The van der Waals surface area contributed by atoms with Crippen LogP contribution in [-0.2, 0) is 20.6 Å². The lowest BCUT2D eigenvalue weighted by Crippen LogP contribution is -2.49. The van der Waals surface area contributed by atoms with Crippen molar-refractivity contribution in [2.45, 2.75) is 52.3 Å². The molecule has 0 unspecified atom stereocenters. The molecule has 0 N–H and O–H groups in total. The summed E-state index contributed by atoms with van der Waals surface area (Å²) in [6, 6.07) is 10.2. The van der Waals surface area contributed by atoms with Crippen molar-refractivity contribution in [2.75, 3.05) is 12.8 Å². The van der Waals surface area contributed by atoms with E-state index < -0.39 is 8.32 Å². The van der Waals surface area contributed by atoms with Gasteiger partial charge in [-0.15, -0.1) is 0 Å². The molecule has 0 saturated carbocycles. The SMILES string of the molecule is CC(=O)CCO[Si@](C)(COCc1ccccc1)C(C)(C)C. The number of hydrogen-bond donors (Lipinski definition) is 0. The molecule has 1 aromatic rings. The predicted molar refractivity (Wildman–Crippen MR) is 88.7 cm³/mol. The fraction of sp³-hybridized carbons (Fsp3) is 0.588. The van der Waals surface area contributed by atoms with Gasteiger partial charge in [-0.3, -0.25) is 4.79 Å². The highest BCUT2D eigenvalue weighted by Crippen LogP contribution is 2.37. The minimum atomic E-state index is -2.05. The van der Waals surface area contributed by atoms with Crippen LogP contribution >= 0.6 is 0 Å². The lowest BCUT2D eigenvalue weighted by atomic mass is 10.2. The maximum absolute atomic E-state index is 11.1. The first-order valence-electron chi connectivity index (χ1n) is 7.50. The maximum Gasteiger partial charge on any atom is 0.220 e. The molecule has 21 heavy (non-hydrogen) atoms. The summed E-state index contributed by atoms with van der Waals surface area (Å²) in [5.74, 6) is 0.172. The van der Waals surface area contributed by atoms with E-state index in [4.69, 9.17) is 9.16 Å². The van der Waals surface area contributed by atoms with Crippen LogP contribution in [0.1, 0.15) is 39.7 Å². The second-order valence-electron chi connectivity index (χ2n) is 6.76. The summed E-state index contributed by atoms with van der Waals surface area (Å²) in [4.78, 5) is 11.1. The molecule has 4 heteroatoms. The third kappa shape index (κ3) is 6.12. The van der Waals surface area contributed by atoms with Gasteiger partial charge in [-0.2, -0.15) is 0 Å². The summed E-state index contributed by atoms with van der Waals surface area (Å²) in [6.45, 7) is 11.5. The number of ketones is 1. The first kappa shape index (κ1) is 18.1. The zero-order valence-electron chi connectivity index (χ0n) is 13.9. The smallest absolute Gasteiger partial charge is 0.220 e. The Balaban J connectivity index is 2.55. The van der Waals surface area contributed by atoms with E-state index in [9.17, 15) is 4.79 Å². The van der Waals surface area contributed by atoms with Crippen molar-refractivity contribution < 1.29 is 14.0 Å². The van der Waals surface area contributed by atoms with Crippen LogP contribution in [0.25, 0.3) is 0 Å². The van der Waals surface area contributed by atoms with Crippen molar-refractivity contribution in [3.05, 3.63) is 35.9 Å². The van der Waals surface area contributed by atoms with Gasteiger partial charge in [0.05, 0.1) is 12.8 Å². The molecular formula is C17H28O3Si. The molecule has 0 fully saturated rings. The Hall–Kier alpha value is -0.973. The molecule has 0 aromatic heterocycles. The minimum Gasteiger partial charge on any atom is -0.414 e. The van der Waals surface area contributed by atoms with Gasteiger partial charge < -0.3 is 9.16 Å². The van der Waals surface area contributed by atoms with E-state index in [0.29, 0.717) is 25.9 Å². The van der Waals surface area contributed by atoms with Crippen molar-refractivity contribution in [3.63, 3.8) is 0 Å². The monoisotopic (exact) mass is 308 g/mol. The van der Waals surface area contributed by atoms with Crippen LogP contribution in [0.2, 0.25) is 11.6 Å². The zero-order valence-corrected chi connectivity index (χ0v) is 14.9. The summed E-state index contributed by atoms with van der Waals surface area (Å²) in [5, 5.41) is 0.0699. The summed E-state index contributed by atoms with van der Waals surface area (Å²) in [7, 11) is -2.05. The quantitative estimate of drug-likeness (QED) is 0.678. The Labute approximate surface area is 129 Å². The van der Waals surface area contributed by atoms with Gasteiger partial charge in [0.2, 0.25) is 8.32 Å². The first-order chi connectivity index (χ1) is 9.74. The van der Waals surface area contributed by atoms with Crippen molar-refractivity contribution in [3.8, 4) is 0 Å². The molecule has 0 saturated heterocycles. The van der Waals surface area contributed by atoms with Gasteiger partial charge in [0.25, 0.3) is 0 Å². The van der Waals surface area contributed by atoms with Gasteiger partial charge in [-0.25, -0.2) is 0 Å². The van der Waals surface area contributed by atoms with Gasteiger partial charge in [0, 0.05) is 13.0 Å². The third-order valence-corrected chi connectivity index (χ3v) is 8.72. The molecule has 118 valence electrons. The minimum absolute atomic E-state index is 0.0699. The van der Waals surface area contributed by atoms with Crippen molar-refractivity contribution in [1.82, 2.24) is 0 Å². The maximum atomic E-state index is 11.1. The molecule has 0 radical (unpaired) electrons. The van der Waals surface area contributed by atoms with Crippen molar-refractivity contribution in [1.29, 1.82) is 0 Å². The van der Waals surface area contributed by atoms with Gasteiger partial charge in [0.1, 0.15) is 5.78 Å². The average Bonchev–Trinajstić information content (AvgIpc) is 2.38. The first-order valence-corrected chi connectivity index (χ1v) is 10.1. The molecule has 0 aliphatic carbocycles. The van der Waals surface area contributed by atoms with Gasteiger partial charge in [-0.1, -0.05) is 51.1 Å². The van der Waals surface area contributed by atoms with E-state index in [0.717, 1.165) is 0 Å².